The highest BCUT2D eigenvalue weighted by Crippen LogP contribution is 2.33. The summed E-state index contributed by atoms with van der Waals surface area (Å²) in [6.07, 6.45) is 4.22. The van der Waals surface area contributed by atoms with Crippen LogP contribution in [0.25, 0.3) is 22.4 Å². The summed E-state index contributed by atoms with van der Waals surface area (Å²) in [5, 5.41) is 0. The minimum absolute atomic E-state index is 0.390. The third-order valence-electron chi connectivity index (χ3n) is 5.14. The van der Waals surface area contributed by atoms with Gasteiger partial charge in [-0.3, -0.25) is 14.7 Å². The summed E-state index contributed by atoms with van der Waals surface area (Å²) in [5.41, 5.74) is 9.26. The van der Waals surface area contributed by atoms with E-state index in [-0.39, 0.29) is 0 Å². The number of benzene rings is 1. The number of nitrogens with two attached hydrogens (primary N) is 1. The highest BCUT2D eigenvalue weighted by atomic mass is 16.1. The second-order valence-electron chi connectivity index (χ2n) is 7.11. The second kappa shape index (κ2) is 6.53. The van der Waals surface area contributed by atoms with Gasteiger partial charge in [-0.05, 0) is 57.5 Å². The van der Waals surface area contributed by atoms with Crippen LogP contribution in [-0.2, 0) is 0 Å². The normalized spacial score (nSPS) is 18.0. The summed E-state index contributed by atoms with van der Waals surface area (Å²) in [4.78, 5) is 26.6. The molecule has 4 rings (SSSR count). The number of pyridine rings is 1. The Morgan fingerprint density at radius 2 is 2.15 bits per heavy atom. The highest BCUT2D eigenvalue weighted by Gasteiger charge is 2.28. The maximum absolute atomic E-state index is 11.6. The van der Waals surface area contributed by atoms with Crippen molar-refractivity contribution >= 4 is 16.9 Å². The molecule has 0 bridgehead atoms. The molecule has 134 valence electrons. The first kappa shape index (κ1) is 16.7. The first-order chi connectivity index (χ1) is 12.5. The van der Waals surface area contributed by atoms with Crippen molar-refractivity contribution in [2.24, 2.45) is 5.73 Å². The lowest BCUT2D eigenvalue weighted by molar-refractivity contribution is 0.100. The van der Waals surface area contributed by atoms with E-state index in [1.54, 1.807) is 12.1 Å². The lowest BCUT2D eigenvalue weighted by atomic mass is 10.1. The molecule has 0 spiro atoms. The van der Waals surface area contributed by atoms with Crippen LogP contribution in [0.15, 0.2) is 36.5 Å². The Kier molecular flexibility index (Phi) is 4.20. The lowest BCUT2D eigenvalue weighted by Crippen LogP contribution is -2.30. The van der Waals surface area contributed by atoms with Crippen LogP contribution < -0.4 is 5.73 Å². The topological polar surface area (TPSA) is 87.9 Å². The maximum Gasteiger partial charge on any atom is 0.250 e. The van der Waals surface area contributed by atoms with Crippen molar-refractivity contribution < 1.29 is 4.79 Å². The number of amides is 1. The molecule has 1 fully saturated rings. The fourth-order valence-electron chi connectivity index (χ4n) is 3.83. The molecule has 3 aromatic rings. The molecule has 0 radical (unpaired) electrons. The Labute approximate surface area is 152 Å². The minimum atomic E-state index is -0.475. The van der Waals surface area contributed by atoms with Crippen LogP contribution in [0.3, 0.4) is 0 Å². The number of nitrogens with zero attached hydrogens (tertiary/aromatic N) is 3. The summed E-state index contributed by atoms with van der Waals surface area (Å²) in [6.45, 7) is 5.60. The molecule has 1 amide bonds. The number of primary amides is 1. The summed E-state index contributed by atoms with van der Waals surface area (Å²) >= 11 is 0. The SMILES string of the molecule is CC(C)N1CCCC1c1ccc(-c2nc3c(C(N)=O)cccc3[nH]2)cn1. The van der Waals surface area contributed by atoms with Gasteiger partial charge in [-0.2, -0.15) is 0 Å². The number of para-hydroxylation sites is 1. The molecule has 3 heterocycles. The molecular weight excluding hydrogens is 326 g/mol. The number of fused-ring (bicyclic) bond motifs is 1. The Balaban J connectivity index is 1.66. The molecule has 3 N–H and O–H groups in total. The lowest BCUT2D eigenvalue weighted by Gasteiger charge is -2.27. The third kappa shape index (κ3) is 2.86. The molecule has 2 aromatic heterocycles. The van der Waals surface area contributed by atoms with Crippen LogP contribution in [0.5, 0.6) is 0 Å². The average Bonchev–Trinajstić information content (AvgIpc) is 3.28. The van der Waals surface area contributed by atoms with Gasteiger partial charge in [0, 0.05) is 17.8 Å². The molecule has 1 unspecified atom stereocenters. The van der Waals surface area contributed by atoms with E-state index < -0.39 is 5.91 Å². The molecule has 1 aromatic carbocycles. The van der Waals surface area contributed by atoms with Gasteiger partial charge in [-0.25, -0.2) is 4.98 Å². The van der Waals surface area contributed by atoms with Crippen LogP contribution in [0.2, 0.25) is 0 Å². The minimum Gasteiger partial charge on any atom is -0.366 e. The van der Waals surface area contributed by atoms with Crippen LogP contribution in [0.1, 0.15) is 48.8 Å². The number of rotatable bonds is 4. The zero-order valence-electron chi connectivity index (χ0n) is 15.1. The summed E-state index contributed by atoms with van der Waals surface area (Å²) < 4.78 is 0. The first-order valence-corrected chi connectivity index (χ1v) is 9.05. The molecule has 0 saturated carbocycles. The molecule has 1 aliphatic rings. The highest BCUT2D eigenvalue weighted by molar-refractivity contribution is 6.04. The number of nitrogens with one attached hydrogen (secondary N) is 1. The average molecular weight is 349 g/mol. The summed E-state index contributed by atoms with van der Waals surface area (Å²) in [6, 6.07) is 10.4. The van der Waals surface area contributed by atoms with Crippen LogP contribution in [-0.4, -0.2) is 38.3 Å². The molecule has 6 heteroatoms. The van der Waals surface area contributed by atoms with Gasteiger partial charge in [0.2, 0.25) is 0 Å². The van der Waals surface area contributed by atoms with Crippen LogP contribution in [0, 0.1) is 0 Å². The van der Waals surface area contributed by atoms with Gasteiger partial charge in [-0.1, -0.05) is 6.07 Å². The molecule has 26 heavy (non-hydrogen) atoms. The van der Waals surface area contributed by atoms with E-state index in [1.165, 1.54) is 6.42 Å². The zero-order valence-corrected chi connectivity index (χ0v) is 15.1. The number of aromatic amines is 1. The predicted molar refractivity (Wildman–Crippen MR) is 102 cm³/mol. The van der Waals surface area contributed by atoms with Crippen molar-refractivity contribution in [1.29, 1.82) is 0 Å². The van der Waals surface area contributed by atoms with Gasteiger partial charge in [0.25, 0.3) is 5.91 Å². The van der Waals surface area contributed by atoms with Gasteiger partial charge in [0.1, 0.15) is 11.3 Å². The van der Waals surface area contributed by atoms with Gasteiger partial charge in [0.05, 0.1) is 22.8 Å². The molecule has 1 saturated heterocycles. The van der Waals surface area contributed by atoms with Crippen molar-refractivity contribution in [3.63, 3.8) is 0 Å². The fraction of sp³-hybridized carbons (Fsp3) is 0.350. The molecule has 1 aliphatic heterocycles. The van der Waals surface area contributed by atoms with Gasteiger partial charge in [0.15, 0.2) is 0 Å². The standard InChI is InChI=1S/C20H23N5O/c1-12(2)25-10-4-7-17(25)15-9-8-13(11-22-15)20-23-16-6-3-5-14(19(21)26)18(16)24-20/h3,5-6,8-9,11-12,17H,4,7,10H2,1-2H3,(H2,21,26)(H,23,24). The van der Waals surface area contributed by atoms with Gasteiger partial charge >= 0.3 is 0 Å². The van der Waals surface area contributed by atoms with Crippen molar-refractivity contribution in [3.05, 3.63) is 47.8 Å². The Hall–Kier alpha value is -2.73. The summed E-state index contributed by atoms with van der Waals surface area (Å²) in [5.74, 6) is 0.219. The second-order valence-corrected chi connectivity index (χ2v) is 7.11. The van der Waals surface area contributed by atoms with E-state index >= 15 is 0 Å². The third-order valence-corrected chi connectivity index (χ3v) is 5.14. The molecular formula is C20H23N5O. The van der Waals surface area contributed by atoms with Crippen LogP contribution in [0.4, 0.5) is 0 Å². The van der Waals surface area contributed by atoms with Crippen LogP contribution >= 0.6 is 0 Å². The number of imidazole rings is 1. The number of hydrogen-bond donors (Lipinski definition) is 2. The number of carbonyl (C=O) groups excluding carboxylic acids is 1. The maximum atomic E-state index is 11.6. The fourth-order valence-corrected chi connectivity index (χ4v) is 3.83. The predicted octanol–water partition coefficient (Wildman–Crippen LogP) is 3.27. The Morgan fingerprint density at radius 3 is 2.85 bits per heavy atom. The molecule has 1 atom stereocenters. The van der Waals surface area contributed by atoms with E-state index in [9.17, 15) is 4.79 Å². The number of likely N-dealkylation sites (tertiary alicyclic amines) is 1. The molecule has 0 aliphatic carbocycles. The van der Waals surface area contributed by atoms with Gasteiger partial charge in [-0.15, -0.1) is 0 Å². The number of H-pyrrole nitrogens is 1. The van der Waals surface area contributed by atoms with Crippen molar-refractivity contribution in [2.75, 3.05) is 6.54 Å². The van der Waals surface area contributed by atoms with E-state index in [1.807, 2.05) is 18.3 Å². The van der Waals surface area contributed by atoms with E-state index in [0.29, 0.717) is 29.0 Å². The largest absolute Gasteiger partial charge is 0.366 e. The summed E-state index contributed by atoms with van der Waals surface area (Å²) in [7, 11) is 0. The first-order valence-electron chi connectivity index (χ1n) is 9.05. The van der Waals surface area contributed by atoms with E-state index in [4.69, 9.17) is 10.7 Å². The number of aromatic nitrogens is 3. The number of carbonyl (C=O) groups is 1. The van der Waals surface area contributed by atoms with Crippen molar-refractivity contribution in [3.8, 4) is 11.4 Å². The van der Waals surface area contributed by atoms with E-state index in [0.717, 1.165) is 29.7 Å². The Morgan fingerprint density at radius 1 is 1.31 bits per heavy atom. The van der Waals surface area contributed by atoms with Crippen molar-refractivity contribution in [2.45, 2.75) is 38.8 Å². The quantitative estimate of drug-likeness (QED) is 0.757. The van der Waals surface area contributed by atoms with Gasteiger partial charge < -0.3 is 10.7 Å². The molecule has 6 nitrogen and oxygen atoms in total. The number of hydrogen-bond acceptors (Lipinski definition) is 4. The monoisotopic (exact) mass is 349 g/mol. The van der Waals surface area contributed by atoms with Crippen molar-refractivity contribution in [1.82, 2.24) is 19.9 Å². The smallest absolute Gasteiger partial charge is 0.250 e. The Bertz CT molecular complexity index is 944. The zero-order chi connectivity index (χ0) is 18.3. The van der Waals surface area contributed by atoms with E-state index in [2.05, 4.69) is 34.8 Å².